The number of carboxylic acid groups (broad SMARTS) is 1. The van der Waals surface area contributed by atoms with E-state index < -0.39 is 5.97 Å². The lowest BCUT2D eigenvalue weighted by Crippen LogP contribution is -2.30. The highest BCUT2D eigenvalue weighted by Crippen LogP contribution is 2.47. The van der Waals surface area contributed by atoms with Crippen LogP contribution in [-0.4, -0.2) is 46.5 Å². The Morgan fingerprint density at radius 1 is 1.19 bits per heavy atom. The Hall–Kier alpha value is -2.85. The fraction of sp³-hybridized carbons (Fsp3) is 0.452. The van der Waals surface area contributed by atoms with Gasteiger partial charge in [0.15, 0.2) is 5.13 Å². The lowest BCUT2D eigenvalue weighted by atomic mass is 10.0. The number of hydrogen-bond donors (Lipinski definition) is 2. The molecule has 0 amide bonds. The van der Waals surface area contributed by atoms with E-state index in [2.05, 4.69) is 15.4 Å². The summed E-state index contributed by atoms with van der Waals surface area (Å²) in [5, 5.41) is 19.9. The van der Waals surface area contributed by atoms with Crippen LogP contribution in [0.2, 0.25) is 10.0 Å². The number of nitrogens with one attached hydrogen (secondary N) is 1. The lowest BCUT2D eigenvalue weighted by Gasteiger charge is -2.19. The van der Waals surface area contributed by atoms with Crippen LogP contribution < -0.4 is 15.0 Å². The molecule has 3 fully saturated rings. The number of carbonyl (C=O) groups is 1. The molecule has 0 bridgehead atoms. The summed E-state index contributed by atoms with van der Waals surface area (Å²) in [6, 6.07) is 9.20. The molecule has 3 heterocycles. The number of ether oxygens (including phenoxy) is 1. The summed E-state index contributed by atoms with van der Waals surface area (Å²) in [5.74, 6) is 2.08. The van der Waals surface area contributed by atoms with E-state index in [0.29, 0.717) is 46.1 Å². The first kappa shape index (κ1) is 28.0. The first-order chi connectivity index (χ1) is 20.2. The van der Waals surface area contributed by atoms with Crippen molar-refractivity contribution in [3.63, 3.8) is 0 Å². The van der Waals surface area contributed by atoms with E-state index >= 15 is 0 Å². The lowest BCUT2D eigenvalue weighted by molar-refractivity contribution is 0.0696. The number of halogens is 2. The van der Waals surface area contributed by atoms with Gasteiger partial charge < -0.3 is 24.6 Å². The maximum atomic E-state index is 11.7. The fourth-order valence-corrected chi connectivity index (χ4v) is 8.16. The van der Waals surface area contributed by atoms with E-state index in [1.807, 2.05) is 32.0 Å². The normalized spacial score (nSPS) is 21.9. The molecule has 2 N–H and O–H groups in total. The highest BCUT2D eigenvalue weighted by atomic mass is 35.5. The van der Waals surface area contributed by atoms with Crippen molar-refractivity contribution in [2.75, 3.05) is 18.0 Å². The van der Waals surface area contributed by atoms with Crippen molar-refractivity contribution in [1.29, 1.82) is 0 Å². The molecule has 1 aliphatic heterocycles. The third-order valence-corrected chi connectivity index (χ3v) is 10.3. The van der Waals surface area contributed by atoms with Crippen LogP contribution in [0.3, 0.4) is 0 Å². The zero-order valence-corrected chi connectivity index (χ0v) is 25.7. The van der Waals surface area contributed by atoms with Gasteiger partial charge in [0.2, 0.25) is 0 Å². The Labute approximate surface area is 257 Å². The van der Waals surface area contributed by atoms with Crippen LogP contribution in [0.25, 0.3) is 21.5 Å². The molecule has 0 spiro atoms. The molecule has 2 saturated carbocycles. The maximum absolute atomic E-state index is 11.7. The van der Waals surface area contributed by atoms with E-state index in [9.17, 15) is 9.90 Å². The van der Waals surface area contributed by atoms with Crippen LogP contribution in [0.4, 0.5) is 5.13 Å². The fourth-order valence-electron chi connectivity index (χ4n) is 6.54. The molecule has 11 heteroatoms. The average molecular weight is 628 g/mol. The molecule has 2 aliphatic carbocycles. The number of hydrogen-bond acceptors (Lipinski definition) is 8. The molecule has 1 unspecified atom stereocenters. The number of aromatic nitrogens is 2. The molecule has 2 aromatic carbocycles. The van der Waals surface area contributed by atoms with Gasteiger partial charge in [-0.1, -0.05) is 45.8 Å². The van der Waals surface area contributed by atoms with Crippen molar-refractivity contribution >= 4 is 55.9 Å². The largest absolute Gasteiger partial charge is 0.489 e. The second-order valence-electron chi connectivity index (χ2n) is 12.0. The molecule has 3 aliphatic rings. The summed E-state index contributed by atoms with van der Waals surface area (Å²) in [6.07, 6.45) is 4.34. The van der Waals surface area contributed by atoms with Gasteiger partial charge in [0.25, 0.3) is 0 Å². The Morgan fingerprint density at radius 3 is 2.55 bits per heavy atom. The van der Waals surface area contributed by atoms with Gasteiger partial charge in [-0.2, -0.15) is 0 Å². The molecule has 3 atom stereocenters. The minimum absolute atomic E-state index is 0.0751. The molecule has 220 valence electrons. The third-order valence-electron chi connectivity index (χ3n) is 8.61. The van der Waals surface area contributed by atoms with Gasteiger partial charge >= 0.3 is 5.97 Å². The molecule has 7 rings (SSSR count). The van der Waals surface area contributed by atoms with E-state index in [1.54, 1.807) is 23.5 Å². The number of anilines is 1. The molecule has 1 saturated heterocycles. The Balaban J connectivity index is 1.05. The second kappa shape index (κ2) is 11.0. The second-order valence-corrected chi connectivity index (χ2v) is 13.8. The molecule has 0 radical (unpaired) electrons. The van der Waals surface area contributed by atoms with Crippen molar-refractivity contribution in [3.8, 4) is 17.0 Å². The summed E-state index contributed by atoms with van der Waals surface area (Å²) in [5.41, 5.74) is 3.51. The van der Waals surface area contributed by atoms with Crippen molar-refractivity contribution < 1.29 is 19.2 Å². The number of nitrogens with zero attached hydrogens (tertiary/aromatic N) is 3. The minimum Gasteiger partial charge on any atom is -0.489 e. The standard InChI is InChI=1S/C31H32Cl2N4O4S/c1-15(2)40-24-10-17(30(38)39)11-25-28(24)35-31(42-25)37-13-18-8-20(9-19(18)14-37)34-12-21-27(36-41-29(21)16-6-7-16)26-22(32)4-3-5-23(26)33/h3-5,10-11,15-16,18-20,34H,6-9,12-14H2,1-2H3,(H,38,39)/t18-,19+,20?. The predicted octanol–water partition coefficient (Wildman–Crippen LogP) is 7.63. The first-order valence-electron chi connectivity index (χ1n) is 14.5. The van der Waals surface area contributed by atoms with Crippen molar-refractivity contribution in [2.45, 2.75) is 64.1 Å². The quantitative estimate of drug-likeness (QED) is 0.196. The van der Waals surface area contributed by atoms with E-state index in [-0.39, 0.29) is 11.7 Å². The van der Waals surface area contributed by atoms with Gasteiger partial charge in [-0.15, -0.1) is 0 Å². The molecule has 2 aromatic heterocycles. The number of benzene rings is 2. The number of fused-ring (bicyclic) bond motifs is 2. The molecular weight excluding hydrogens is 595 g/mol. The summed E-state index contributed by atoms with van der Waals surface area (Å²) in [6.45, 7) is 6.41. The van der Waals surface area contributed by atoms with Crippen LogP contribution in [0, 0.1) is 11.8 Å². The van der Waals surface area contributed by atoms with Gasteiger partial charge in [0, 0.05) is 42.7 Å². The number of thiazole rings is 1. The third kappa shape index (κ3) is 5.25. The van der Waals surface area contributed by atoms with Gasteiger partial charge in [0.1, 0.15) is 22.7 Å². The molecule has 8 nitrogen and oxygen atoms in total. The highest BCUT2D eigenvalue weighted by Gasteiger charge is 2.42. The number of carboxylic acids is 1. The monoisotopic (exact) mass is 626 g/mol. The SMILES string of the molecule is CC(C)Oc1cc(C(=O)O)cc2sc(N3C[C@H]4CC(NCc5c(-c6c(Cl)cccc6Cl)noc5C5CC5)C[C@H]4C3)nc12. The number of aromatic carboxylic acids is 1. The number of rotatable bonds is 9. The summed E-state index contributed by atoms with van der Waals surface area (Å²) < 4.78 is 12.6. The van der Waals surface area contributed by atoms with Crippen LogP contribution >= 0.6 is 34.5 Å². The van der Waals surface area contributed by atoms with E-state index in [0.717, 1.165) is 76.7 Å². The zero-order valence-electron chi connectivity index (χ0n) is 23.4. The van der Waals surface area contributed by atoms with Gasteiger partial charge in [-0.05, 0) is 75.6 Å². The minimum atomic E-state index is -0.966. The van der Waals surface area contributed by atoms with Crippen LogP contribution in [-0.2, 0) is 6.54 Å². The topological polar surface area (TPSA) is 101 Å². The summed E-state index contributed by atoms with van der Waals surface area (Å²) in [4.78, 5) is 19.0. The summed E-state index contributed by atoms with van der Waals surface area (Å²) >= 11 is 14.6. The zero-order chi connectivity index (χ0) is 29.1. The van der Waals surface area contributed by atoms with E-state index in [1.165, 1.54) is 0 Å². The van der Waals surface area contributed by atoms with Gasteiger partial charge in [-0.25, -0.2) is 9.78 Å². The predicted molar refractivity (Wildman–Crippen MR) is 165 cm³/mol. The Morgan fingerprint density at radius 2 is 1.90 bits per heavy atom. The molecule has 42 heavy (non-hydrogen) atoms. The highest BCUT2D eigenvalue weighted by molar-refractivity contribution is 7.22. The molecule has 4 aromatic rings. The van der Waals surface area contributed by atoms with Gasteiger partial charge in [-0.3, -0.25) is 0 Å². The molecular formula is C31H32Cl2N4O4S. The van der Waals surface area contributed by atoms with Crippen molar-refractivity contribution in [2.24, 2.45) is 11.8 Å². The van der Waals surface area contributed by atoms with Crippen LogP contribution in [0.5, 0.6) is 5.75 Å². The smallest absolute Gasteiger partial charge is 0.335 e. The van der Waals surface area contributed by atoms with E-state index in [4.69, 9.17) is 37.4 Å². The Kier molecular flexibility index (Phi) is 7.33. The Bertz CT molecular complexity index is 1630. The maximum Gasteiger partial charge on any atom is 0.335 e. The summed E-state index contributed by atoms with van der Waals surface area (Å²) in [7, 11) is 0. The van der Waals surface area contributed by atoms with Crippen molar-refractivity contribution in [3.05, 3.63) is 57.3 Å². The first-order valence-corrected chi connectivity index (χ1v) is 16.1. The van der Waals surface area contributed by atoms with Gasteiger partial charge in [0.05, 0.1) is 26.4 Å². The van der Waals surface area contributed by atoms with Crippen LogP contribution in [0.1, 0.15) is 67.1 Å². The van der Waals surface area contributed by atoms with Crippen molar-refractivity contribution in [1.82, 2.24) is 15.5 Å². The average Bonchev–Trinajstić information content (AvgIpc) is 3.23. The van der Waals surface area contributed by atoms with Crippen LogP contribution in [0.15, 0.2) is 34.9 Å².